The Balaban J connectivity index is 2.52. The molecule has 2 atom stereocenters. The average molecular weight is 311 g/mol. The lowest BCUT2D eigenvalue weighted by atomic mass is 9.78. The smallest absolute Gasteiger partial charge is 0.192 e. The van der Waals surface area contributed by atoms with Gasteiger partial charge in [-0.05, 0) is 43.3 Å². The van der Waals surface area contributed by atoms with Crippen molar-refractivity contribution in [1.82, 2.24) is 0 Å². The lowest BCUT2D eigenvalue weighted by Gasteiger charge is -2.35. The van der Waals surface area contributed by atoms with Crippen LogP contribution in [0.4, 0.5) is 0 Å². The molecule has 0 N–H and O–H groups in total. The maximum absolute atomic E-state index is 12.1. The van der Waals surface area contributed by atoms with Crippen molar-refractivity contribution in [3.05, 3.63) is 12.2 Å². The molecule has 21 heavy (non-hydrogen) atoms. The summed E-state index contributed by atoms with van der Waals surface area (Å²) in [6, 6.07) is 0. The van der Waals surface area contributed by atoms with E-state index in [0.29, 0.717) is 18.3 Å². The van der Waals surface area contributed by atoms with Gasteiger partial charge in [0.2, 0.25) is 0 Å². The predicted molar refractivity (Wildman–Crippen MR) is 93.0 cm³/mol. The zero-order chi connectivity index (χ0) is 16.1. The van der Waals surface area contributed by atoms with Crippen LogP contribution in [0, 0.1) is 11.8 Å². The van der Waals surface area contributed by atoms with Gasteiger partial charge in [0.05, 0.1) is 6.61 Å². The minimum absolute atomic E-state index is 0.254. The summed E-state index contributed by atoms with van der Waals surface area (Å²) in [7, 11) is -1.66. The highest BCUT2D eigenvalue weighted by Gasteiger charge is 2.36. The van der Waals surface area contributed by atoms with Gasteiger partial charge in [-0.1, -0.05) is 46.3 Å². The first kappa shape index (κ1) is 18.6. The number of hydrogen-bond acceptors (Lipinski definition) is 2. The molecule has 1 aliphatic rings. The summed E-state index contributed by atoms with van der Waals surface area (Å²) >= 11 is 0. The predicted octanol–water partition coefficient (Wildman–Crippen LogP) is 5.35. The highest BCUT2D eigenvalue weighted by molar-refractivity contribution is 6.74. The standard InChI is InChI=1S/C18H34O2Si/c1-7-15(16-12-8-9-13-17(16)19)11-10-14-20-21(5,6)18(2,3)4/h10-11,15-16H,7-9,12-14H2,1-6H3/b11-10+. The van der Waals surface area contributed by atoms with Crippen molar-refractivity contribution >= 4 is 14.1 Å². The van der Waals surface area contributed by atoms with E-state index in [-0.39, 0.29) is 11.0 Å². The second-order valence-corrected chi connectivity index (χ2v) is 12.7. The maximum atomic E-state index is 12.1. The molecule has 1 aliphatic carbocycles. The van der Waals surface area contributed by atoms with Crippen LogP contribution in [-0.4, -0.2) is 20.7 Å². The second-order valence-electron chi connectivity index (χ2n) is 7.89. The van der Waals surface area contributed by atoms with Gasteiger partial charge in [-0.3, -0.25) is 4.79 Å². The van der Waals surface area contributed by atoms with E-state index >= 15 is 0 Å². The third kappa shape index (κ3) is 5.37. The molecule has 0 amide bonds. The number of hydrogen-bond donors (Lipinski definition) is 0. The molecule has 1 saturated carbocycles. The Morgan fingerprint density at radius 3 is 2.52 bits per heavy atom. The van der Waals surface area contributed by atoms with Gasteiger partial charge in [0.1, 0.15) is 5.78 Å². The van der Waals surface area contributed by atoms with Gasteiger partial charge in [-0.25, -0.2) is 0 Å². The van der Waals surface area contributed by atoms with E-state index in [1.165, 1.54) is 6.42 Å². The lowest BCUT2D eigenvalue weighted by Crippen LogP contribution is -2.40. The third-order valence-corrected chi connectivity index (χ3v) is 9.82. The van der Waals surface area contributed by atoms with Crippen LogP contribution >= 0.6 is 0 Å². The van der Waals surface area contributed by atoms with Gasteiger partial charge in [0, 0.05) is 12.3 Å². The van der Waals surface area contributed by atoms with Gasteiger partial charge in [0.15, 0.2) is 8.32 Å². The fourth-order valence-corrected chi connectivity index (χ4v) is 3.67. The lowest BCUT2D eigenvalue weighted by molar-refractivity contribution is -0.125. The molecule has 2 nitrogen and oxygen atoms in total. The van der Waals surface area contributed by atoms with Crippen LogP contribution in [0.5, 0.6) is 0 Å². The topological polar surface area (TPSA) is 26.3 Å². The van der Waals surface area contributed by atoms with Gasteiger partial charge in [-0.15, -0.1) is 0 Å². The van der Waals surface area contributed by atoms with Crippen molar-refractivity contribution < 1.29 is 9.22 Å². The van der Waals surface area contributed by atoms with Crippen molar-refractivity contribution in [2.24, 2.45) is 11.8 Å². The summed E-state index contributed by atoms with van der Waals surface area (Å²) in [5.74, 6) is 1.14. The van der Waals surface area contributed by atoms with Crippen LogP contribution in [0.1, 0.15) is 59.8 Å². The van der Waals surface area contributed by atoms with E-state index in [4.69, 9.17) is 4.43 Å². The minimum Gasteiger partial charge on any atom is -0.413 e. The summed E-state index contributed by atoms with van der Waals surface area (Å²) in [6.07, 6.45) is 9.59. The van der Waals surface area contributed by atoms with Crippen LogP contribution in [0.15, 0.2) is 12.2 Å². The molecule has 0 bridgehead atoms. The molecule has 1 fully saturated rings. The SMILES string of the molecule is CCC(/C=C/CO[Si](C)(C)C(C)(C)C)C1CCCCC1=O. The van der Waals surface area contributed by atoms with E-state index in [1.54, 1.807) is 0 Å². The molecule has 0 aromatic carbocycles. The van der Waals surface area contributed by atoms with Crippen LogP contribution in [0.3, 0.4) is 0 Å². The van der Waals surface area contributed by atoms with E-state index < -0.39 is 8.32 Å². The van der Waals surface area contributed by atoms with Crippen molar-refractivity contribution in [3.63, 3.8) is 0 Å². The number of Topliss-reactive ketones (excluding diaryl/α,β-unsaturated/α-hetero) is 1. The Hall–Kier alpha value is -0.413. The van der Waals surface area contributed by atoms with Crippen molar-refractivity contribution in [1.29, 1.82) is 0 Å². The normalized spacial score (nSPS) is 22.8. The molecule has 1 rings (SSSR count). The van der Waals surface area contributed by atoms with Gasteiger partial charge >= 0.3 is 0 Å². The van der Waals surface area contributed by atoms with Crippen molar-refractivity contribution in [2.75, 3.05) is 6.61 Å². The van der Waals surface area contributed by atoms with Gasteiger partial charge in [-0.2, -0.15) is 0 Å². The van der Waals surface area contributed by atoms with Crippen LogP contribution in [0.25, 0.3) is 0 Å². The zero-order valence-corrected chi connectivity index (χ0v) is 15.9. The zero-order valence-electron chi connectivity index (χ0n) is 14.9. The fraction of sp³-hybridized carbons (Fsp3) is 0.833. The molecular weight excluding hydrogens is 276 g/mol. The van der Waals surface area contributed by atoms with E-state index in [9.17, 15) is 4.79 Å². The fourth-order valence-electron chi connectivity index (χ4n) is 2.72. The number of carbonyl (C=O) groups is 1. The highest BCUT2D eigenvalue weighted by Crippen LogP contribution is 2.36. The van der Waals surface area contributed by atoms with E-state index in [0.717, 1.165) is 25.7 Å². The van der Waals surface area contributed by atoms with Gasteiger partial charge < -0.3 is 4.43 Å². The molecule has 2 unspecified atom stereocenters. The first-order valence-electron chi connectivity index (χ1n) is 8.52. The number of carbonyl (C=O) groups excluding carboxylic acids is 1. The Morgan fingerprint density at radius 1 is 1.33 bits per heavy atom. The Labute approximate surface area is 132 Å². The molecule has 0 saturated heterocycles. The maximum Gasteiger partial charge on any atom is 0.192 e. The van der Waals surface area contributed by atoms with Crippen LogP contribution in [-0.2, 0) is 9.22 Å². The largest absolute Gasteiger partial charge is 0.413 e. The molecular formula is C18H34O2Si. The van der Waals surface area contributed by atoms with E-state index in [2.05, 4.69) is 52.9 Å². The number of rotatable bonds is 6. The quantitative estimate of drug-likeness (QED) is 0.488. The van der Waals surface area contributed by atoms with Gasteiger partial charge in [0.25, 0.3) is 0 Å². The molecule has 0 aromatic heterocycles. The first-order valence-corrected chi connectivity index (χ1v) is 11.4. The molecule has 0 radical (unpaired) electrons. The molecule has 0 spiro atoms. The number of ketones is 1. The first-order chi connectivity index (χ1) is 9.69. The summed E-state index contributed by atoms with van der Waals surface area (Å²) in [6.45, 7) is 14.2. The highest BCUT2D eigenvalue weighted by atomic mass is 28.4. The van der Waals surface area contributed by atoms with Crippen molar-refractivity contribution in [3.8, 4) is 0 Å². The molecule has 0 heterocycles. The molecule has 122 valence electrons. The second kappa shape index (κ2) is 7.73. The summed E-state index contributed by atoms with van der Waals surface area (Å²) in [4.78, 5) is 12.1. The Bertz CT molecular complexity index is 366. The van der Waals surface area contributed by atoms with Crippen molar-refractivity contribution in [2.45, 2.75) is 77.9 Å². The Morgan fingerprint density at radius 2 is 2.00 bits per heavy atom. The average Bonchev–Trinajstić information content (AvgIpc) is 2.39. The summed E-state index contributed by atoms with van der Waals surface area (Å²) < 4.78 is 6.17. The number of allylic oxidation sites excluding steroid dienone is 1. The van der Waals surface area contributed by atoms with E-state index in [1.807, 2.05) is 0 Å². The monoisotopic (exact) mass is 310 g/mol. The van der Waals surface area contributed by atoms with Crippen LogP contribution in [0.2, 0.25) is 18.1 Å². The minimum atomic E-state index is -1.66. The summed E-state index contributed by atoms with van der Waals surface area (Å²) in [5.41, 5.74) is 0. The molecule has 0 aromatic rings. The summed E-state index contributed by atoms with van der Waals surface area (Å²) in [5, 5.41) is 0.254. The molecule has 0 aliphatic heterocycles. The molecule has 3 heteroatoms. The third-order valence-electron chi connectivity index (χ3n) is 5.32. The van der Waals surface area contributed by atoms with Crippen LogP contribution < -0.4 is 0 Å². The Kier molecular flexibility index (Phi) is 6.86.